The van der Waals surface area contributed by atoms with Gasteiger partial charge in [0.25, 0.3) is 0 Å². The van der Waals surface area contributed by atoms with Gasteiger partial charge in [0, 0.05) is 6.54 Å². The minimum Gasteiger partial charge on any atom is -0.336 e. The van der Waals surface area contributed by atoms with Gasteiger partial charge in [-0.3, -0.25) is 0 Å². The van der Waals surface area contributed by atoms with E-state index in [1.807, 2.05) is 0 Å². The van der Waals surface area contributed by atoms with E-state index < -0.39 is 0 Å². The molecule has 13 heavy (non-hydrogen) atoms. The maximum absolute atomic E-state index is 10.5. The molecule has 0 saturated carbocycles. The lowest BCUT2D eigenvalue weighted by Crippen LogP contribution is -2.30. The minimum atomic E-state index is -0.0336. The van der Waals surface area contributed by atoms with E-state index in [2.05, 4.69) is 45.3 Å². The number of amides is 2. The summed E-state index contributed by atoms with van der Waals surface area (Å²) in [5.41, 5.74) is 0. The van der Waals surface area contributed by atoms with Gasteiger partial charge in [-0.05, 0) is 11.8 Å². The summed E-state index contributed by atoms with van der Waals surface area (Å²) in [6, 6.07) is 0.297. The number of carbonyl (C=O) groups is 1. The molecule has 0 radical (unpaired) electrons. The van der Waals surface area contributed by atoms with Crippen molar-refractivity contribution in [3.63, 3.8) is 0 Å². The van der Waals surface area contributed by atoms with Crippen molar-refractivity contribution in [3.8, 4) is 0 Å². The number of rotatable bonds is 1. The molecule has 3 nitrogen and oxygen atoms in total. The molecular weight excluding hydrogens is 164 g/mol. The highest BCUT2D eigenvalue weighted by Gasteiger charge is 2.21. The summed E-state index contributed by atoms with van der Waals surface area (Å²) in [4.78, 5) is 10.5. The number of hydrogen-bond acceptors (Lipinski definition) is 1. The summed E-state index contributed by atoms with van der Waals surface area (Å²) in [5.74, 6) is 1.36. The number of urea groups is 1. The first-order valence-corrected chi connectivity index (χ1v) is 4.97. The first kappa shape index (κ1) is 12.3. The van der Waals surface area contributed by atoms with E-state index in [9.17, 15) is 4.79 Å². The van der Waals surface area contributed by atoms with Crippen LogP contribution in [0.25, 0.3) is 0 Å². The van der Waals surface area contributed by atoms with E-state index in [1.165, 1.54) is 0 Å². The van der Waals surface area contributed by atoms with Crippen molar-refractivity contribution >= 4 is 6.03 Å². The lowest BCUT2D eigenvalue weighted by Gasteiger charge is -2.10. The van der Waals surface area contributed by atoms with Crippen LogP contribution in [0.3, 0.4) is 0 Å². The van der Waals surface area contributed by atoms with Crippen molar-refractivity contribution < 1.29 is 4.79 Å². The van der Waals surface area contributed by atoms with Gasteiger partial charge in [0.1, 0.15) is 0 Å². The Hall–Kier alpha value is -0.730. The molecule has 78 valence electrons. The lowest BCUT2D eigenvalue weighted by molar-refractivity contribution is 0.246. The Labute approximate surface area is 81.3 Å². The normalized spacial score (nSPS) is 20.8. The van der Waals surface area contributed by atoms with Gasteiger partial charge >= 0.3 is 6.03 Å². The Morgan fingerprint density at radius 1 is 1.23 bits per heavy atom. The van der Waals surface area contributed by atoms with Crippen molar-refractivity contribution in [2.45, 2.75) is 40.7 Å². The summed E-state index contributed by atoms with van der Waals surface area (Å²) < 4.78 is 0. The second kappa shape index (κ2) is 5.84. The molecule has 1 rings (SSSR count). The molecule has 2 N–H and O–H groups in total. The van der Waals surface area contributed by atoms with Crippen LogP contribution < -0.4 is 10.6 Å². The maximum Gasteiger partial charge on any atom is 0.315 e. The van der Waals surface area contributed by atoms with Crippen LogP contribution >= 0.6 is 0 Å². The Balaban J connectivity index is 0.000000310. The van der Waals surface area contributed by atoms with E-state index in [-0.39, 0.29) is 6.03 Å². The zero-order valence-electron chi connectivity index (χ0n) is 9.35. The average molecular weight is 186 g/mol. The molecule has 0 spiro atoms. The first-order chi connectivity index (χ1) is 5.93. The highest BCUT2D eigenvalue weighted by atomic mass is 16.2. The van der Waals surface area contributed by atoms with Crippen molar-refractivity contribution in [1.29, 1.82) is 0 Å². The van der Waals surface area contributed by atoms with Crippen LogP contribution in [-0.2, 0) is 0 Å². The number of carbonyl (C=O) groups excluding carboxylic acids is 1. The van der Waals surface area contributed by atoms with Crippen LogP contribution in [0.2, 0.25) is 0 Å². The molecule has 1 aliphatic heterocycles. The van der Waals surface area contributed by atoms with Gasteiger partial charge in [-0.2, -0.15) is 0 Å². The molecule has 0 aliphatic carbocycles. The van der Waals surface area contributed by atoms with Crippen LogP contribution in [0.4, 0.5) is 4.79 Å². The van der Waals surface area contributed by atoms with E-state index >= 15 is 0 Å². The second-order valence-electron chi connectivity index (χ2n) is 4.44. The van der Waals surface area contributed by atoms with Crippen molar-refractivity contribution in [2.24, 2.45) is 11.8 Å². The van der Waals surface area contributed by atoms with Gasteiger partial charge in [0.05, 0.1) is 6.04 Å². The number of hydrogen-bond donors (Lipinski definition) is 2. The molecule has 3 heteroatoms. The fraction of sp³-hybridized carbons (Fsp3) is 0.900. The van der Waals surface area contributed by atoms with Crippen molar-refractivity contribution in [1.82, 2.24) is 10.6 Å². The second-order valence-corrected chi connectivity index (χ2v) is 4.44. The van der Waals surface area contributed by atoms with Gasteiger partial charge < -0.3 is 10.6 Å². The van der Waals surface area contributed by atoms with Crippen LogP contribution in [0.15, 0.2) is 0 Å². The smallest absolute Gasteiger partial charge is 0.315 e. The molecule has 1 fully saturated rings. The zero-order chi connectivity index (χ0) is 10.4. The molecule has 0 bridgehead atoms. The Kier molecular flexibility index (Phi) is 5.51. The minimum absolute atomic E-state index is 0.0336. The quantitative estimate of drug-likeness (QED) is 0.646. The molecule has 0 aromatic carbocycles. The Morgan fingerprint density at radius 2 is 1.69 bits per heavy atom. The van der Waals surface area contributed by atoms with Crippen molar-refractivity contribution in [3.05, 3.63) is 0 Å². The summed E-state index contributed by atoms with van der Waals surface area (Å²) in [6.45, 7) is 11.5. The molecule has 1 aliphatic rings. The highest BCUT2D eigenvalue weighted by Crippen LogP contribution is 2.02. The third kappa shape index (κ3) is 6.43. The van der Waals surface area contributed by atoms with Crippen LogP contribution in [0.1, 0.15) is 34.6 Å². The third-order valence-corrected chi connectivity index (χ3v) is 1.60. The van der Waals surface area contributed by atoms with Crippen LogP contribution in [0, 0.1) is 11.8 Å². The molecule has 0 aromatic rings. The SMILES string of the molecule is CC(C)C.CC(C)C1CNC(=O)N1. The largest absolute Gasteiger partial charge is 0.336 e. The van der Waals surface area contributed by atoms with E-state index in [0.29, 0.717) is 12.0 Å². The summed E-state index contributed by atoms with van der Waals surface area (Å²) >= 11 is 0. The van der Waals surface area contributed by atoms with Gasteiger partial charge in [-0.15, -0.1) is 0 Å². The van der Waals surface area contributed by atoms with Gasteiger partial charge in [-0.1, -0.05) is 34.6 Å². The van der Waals surface area contributed by atoms with E-state index in [4.69, 9.17) is 0 Å². The average Bonchev–Trinajstić information content (AvgIpc) is 2.34. The lowest BCUT2D eigenvalue weighted by atomic mass is 10.1. The first-order valence-electron chi connectivity index (χ1n) is 4.97. The predicted octanol–water partition coefficient (Wildman–Crippen LogP) is 1.99. The standard InChI is InChI=1S/C6H12N2O.C4H10/c1-4(2)5-3-7-6(9)8-5;1-4(2)3/h4-5H,3H2,1-2H3,(H2,7,8,9);4H,1-3H3. The summed E-state index contributed by atoms with van der Waals surface area (Å²) in [7, 11) is 0. The topological polar surface area (TPSA) is 41.1 Å². The Bertz CT molecular complexity index is 152. The summed E-state index contributed by atoms with van der Waals surface area (Å²) in [6.07, 6.45) is 0. The molecule has 2 amide bonds. The van der Waals surface area contributed by atoms with Crippen molar-refractivity contribution in [2.75, 3.05) is 6.54 Å². The van der Waals surface area contributed by atoms with Gasteiger partial charge in [-0.25, -0.2) is 4.79 Å². The monoisotopic (exact) mass is 186 g/mol. The molecular formula is C10H22N2O. The molecule has 1 unspecified atom stereocenters. The van der Waals surface area contributed by atoms with Gasteiger partial charge in [0.15, 0.2) is 0 Å². The Morgan fingerprint density at radius 3 is 1.85 bits per heavy atom. The van der Waals surface area contributed by atoms with Gasteiger partial charge in [0.2, 0.25) is 0 Å². The van der Waals surface area contributed by atoms with Crippen LogP contribution in [-0.4, -0.2) is 18.6 Å². The molecule has 1 atom stereocenters. The fourth-order valence-corrected chi connectivity index (χ4v) is 0.875. The molecule has 1 saturated heterocycles. The van der Waals surface area contributed by atoms with Crippen LogP contribution in [0.5, 0.6) is 0 Å². The highest BCUT2D eigenvalue weighted by molar-refractivity contribution is 5.76. The third-order valence-electron chi connectivity index (χ3n) is 1.60. The number of nitrogens with one attached hydrogen (secondary N) is 2. The van der Waals surface area contributed by atoms with E-state index in [0.717, 1.165) is 12.5 Å². The zero-order valence-corrected chi connectivity index (χ0v) is 9.35. The predicted molar refractivity (Wildman–Crippen MR) is 55.7 cm³/mol. The summed E-state index contributed by atoms with van der Waals surface area (Å²) in [5, 5.41) is 5.50. The fourth-order valence-electron chi connectivity index (χ4n) is 0.875. The maximum atomic E-state index is 10.5. The molecule has 0 aromatic heterocycles. The van der Waals surface area contributed by atoms with E-state index in [1.54, 1.807) is 0 Å². The molecule has 1 heterocycles.